The summed E-state index contributed by atoms with van der Waals surface area (Å²) in [5, 5.41) is 10.7. The maximum Gasteiger partial charge on any atom is 0.434 e. The Balaban J connectivity index is 1.43. The molecule has 29 heavy (non-hydrogen) atoms. The number of fused-ring (bicyclic) bond motifs is 1. The number of ether oxygens (including phenoxy) is 1. The molecule has 7 heteroatoms. The van der Waals surface area contributed by atoms with Crippen LogP contribution in [-0.2, 0) is 4.74 Å². The number of urea groups is 1. The van der Waals surface area contributed by atoms with E-state index in [-0.39, 0.29) is 12.1 Å². The number of carbonyl (C=O) groups is 2. The molecule has 0 unspecified atom stereocenters. The first kappa shape index (κ1) is 19.0. The Morgan fingerprint density at radius 2 is 1.93 bits per heavy atom. The Labute approximate surface area is 169 Å². The van der Waals surface area contributed by atoms with Crippen molar-refractivity contribution in [2.24, 2.45) is 0 Å². The molecular formula is C22H24N4O3. The summed E-state index contributed by atoms with van der Waals surface area (Å²) in [6.07, 6.45) is 5.12. The standard InChI is InChI=1S/C22H24N4O3/c1-29-22(28)26-20-12-6-11-19(18(20)14-23-26)25-21(27)24-17-10-5-9-16(13-17)15-7-3-2-4-8-15/h2-4,6-8,11-12,14,16-17H,5,9-10,13H2,1H3,(H2,24,25,27)/t16-,17-/m0/s1. The second-order valence-electron chi connectivity index (χ2n) is 7.33. The van der Waals surface area contributed by atoms with Crippen molar-refractivity contribution in [2.75, 3.05) is 12.4 Å². The van der Waals surface area contributed by atoms with Gasteiger partial charge in [0.15, 0.2) is 0 Å². The van der Waals surface area contributed by atoms with Gasteiger partial charge in [-0.3, -0.25) is 0 Å². The molecule has 0 spiro atoms. The molecule has 150 valence electrons. The smallest absolute Gasteiger partial charge is 0.434 e. The van der Waals surface area contributed by atoms with Crippen molar-refractivity contribution in [3.8, 4) is 0 Å². The molecule has 7 nitrogen and oxygen atoms in total. The number of rotatable bonds is 3. The molecule has 0 saturated heterocycles. The minimum Gasteiger partial charge on any atom is -0.451 e. The maximum absolute atomic E-state index is 12.6. The molecule has 1 aromatic heterocycles. The molecule has 4 rings (SSSR count). The lowest BCUT2D eigenvalue weighted by atomic mass is 9.81. The first-order chi connectivity index (χ1) is 14.2. The van der Waals surface area contributed by atoms with E-state index >= 15 is 0 Å². The summed E-state index contributed by atoms with van der Waals surface area (Å²) in [6, 6.07) is 15.7. The summed E-state index contributed by atoms with van der Waals surface area (Å²) in [5.74, 6) is 0.469. The highest BCUT2D eigenvalue weighted by Crippen LogP contribution is 2.33. The molecule has 1 saturated carbocycles. The largest absolute Gasteiger partial charge is 0.451 e. The van der Waals surface area contributed by atoms with Gasteiger partial charge in [-0.05, 0) is 42.9 Å². The van der Waals surface area contributed by atoms with Crippen LogP contribution in [0.2, 0.25) is 0 Å². The van der Waals surface area contributed by atoms with Crippen LogP contribution in [0.4, 0.5) is 15.3 Å². The monoisotopic (exact) mass is 392 g/mol. The average Bonchev–Trinajstić information content (AvgIpc) is 3.19. The van der Waals surface area contributed by atoms with Gasteiger partial charge in [0.2, 0.25) is 0 Å². The third-order valence-corrected chi connectivity index (χ3v) is 5.49. The second-order valence-corrected chi connectivity index (χ2v) is 7.33. The normalized spacial score (nSPS) is 18.9. The molecule has 1 heterocycles. The average molecular weight is 392 g/mol. The Kier molecular flexibility index (Phi) is 5.46. The molecule has 3 aromatic rings. The molecule has 1 fully saturated rings. The summed E-state index contributed by atoms with van der Waals surface area (Å²) in [4.78, 5) is 24.4. The van der Waals surface area contributed by atoms with Crippen LogP contribution in [0.15, 0.2) is 54.7 Å². The van der Waals surface area contributed by atoms with E-state index in [1.54, 1.807) is 24.4 Å². The van der Waals surface area contributed by atoms with Crippen LogP contribution >= 0.6 is 0 Å². The van der Waals surface area contributed by atoms with Crippen molar-refractivity contribution < 1.29 is 14.3 Å². The molecule has 0 bridgehead atoms. The number of carbonyl (C=O) groups excluding carboxylic acids is 2. The lowest BCUT2D eigenvalue weighted by molar-refractivity contribution is 0.170. The number of hydrogen-bond donors (Lipinski definition) is 2. The van der Waals surface area contributed by atoms with Crippen molar-refractivity contribution in [1.29, 1.82) is 0 Å². The highest BCUT2D eigenvalue weighted by Gasteiger charge is 2.24. The molecule has 2 amide bonds. The van der Waals surface area contributed by atoms with Gasteiger partial charge in [0, 0.05) is 11.4 Å². The number of aromatic nitrogens is 2. The Bertz CT molecular complexity index is 1020. The number of amides is 2. The molecule has 2 aromatic carbocycles. The highest BCUT2D eigenvalue weighted by molar-refractivity contribution is 6.02. The molecule has 0 radical (unpaired) electrons. The molecular weight excluding hydrogens is 368 g/mol. The predicted octanol–water partition coefficient (Wildman–Crippen LogP) is 4.50. The first-order valence-corrected chi connectivity index (χ1v) is 9.83. The van der Waals surface area contributed by atoms with Gasteiger partial charge in [0.05, 0.1) is 24.5 Å². The van der Waals surface area contributed by atoms with Gasteiger partial charge in [0.1, 0.15) is 0 Å². The second kappa shape index (κ2) is 8.34. The zero-order chi connectivity index (χ0) is 20.2. The highest BCUT2D eigenvalue weighted by atomic mass is 16.5. The molecule has 2 atom stereocenters. The number of benzene rings is 2. The molecule has 0 aliphatic heterocycles. The number of nitrogens with one attached hydrogen (secondary N) is 2. The quantitative estimate of drug-likeness (QED) is 0.687. The zero-order valence-corrected chi connectivity index (χ0v) is 16.3. The van der Waals surface area contributed by atoms with Crippen molar-refractivity contribution in [3.63, 3.8) is 0 Å². The summed E-state index contributed by atoms with van der Waals surface area (Å²) < 4.78 is 5.90. The van der Waals surface area contributed by atoms with Gasteiger partial charge in [-0.25, -0.2) is 9.59 Å². The van der Waals surface area contributed by atoms with E-state index in [9.17, 15) is 9.59 Å². The zero-order valence-electron chi connectivity index (χ0n) is 16.3. The predicted molar refractivity (Wildman–Crippen MR) is 111 cm³/mol. The SMILES string of the molecule is COC(=O)n1ncc2c(NC(=O)N[C@H]3CCC[C@H](c4ccccc4)C3)cccc21. The fraction of sp³-hybridized carbons (Fsp3) is 0.318. The van der Waals surface area contributed by atoms with E-state index in [1.165, 1.54) is 17.4 Å². The van der Waals surface area contributed by atoms with E-state index < -0.39 is 6.09 Å². The fourth-order valence-electron chi connectivity index (χ4n) is 4.08. The van der Waals surface area contributed by atoms with Crippen molar-refractivity contribution >= 4 is 28.7 Å². The fourth-order valence-corrected chi connectivity index (χ4v) is 4.08. The summed E-state index contributed by atoms with van der Waals surface area (Å²) >= 11 is 0. The summed E-state index contributed by atoms with van der Waals surface area (Å²) in [6.45, 7) is 0. The van der Waals surface area contributed by atoms with Gasteiger partial charge >= 0.3 is 12.1 Å². The third-order valence-electron chi connectivity index (χ3n) is 5.49. The van der Waals surface area contributed by atoms with Crippen LogP contribution in [0.1, 0.15) is 37.2 Å². The van der Waals surface area contributed by atoms with Gasteiger partial charge in [-0.15, -0.1) is 0 Å². The number of methoxy groups -OCH3 is 1. The Morgan fingerprint density at radius 1 is 1.10 bits per heavy atom. The third kappa shape index (κ3) is 4.08. The minimum absolute atomic E-state index is 0.131. The number of nitrogens with zero attached hydrogens (tertiary/aromatic N) is 2. The Hall–Kier alpha value is -3.35. The van der Waals surface area contributed by atoms with Crippen molar-refractivity contribution in [3.05, 3.63) is 60.3 Å². The van der Waals surface area contributed by atoms with Crippen LogP contribution in [-0.4, -0.2) is 35.1 Å². The summed E-state index contributed by atoms with van der Waals surface area (Å²) in [7, 11) is 1.30. The van der Waals surface area contributed by atoms with Crippen LogP contribution in [0.3, 0.4) is 0 Å². The molecule has 1 aliphatic carbocycles. The van der Waals surface area contributed by atoms with Crippen molar-refractivity contribution in [2.45, 2.75) is 37.6 Å². The molecule has 1 aliphatic rings. The topological polar surface area (TPSA) is 85.2 Å². The minimum atomic E-state index is -0.573. The van der Waals surface area contributed by atoms with E-state index in [2.05, 4.69) is 40.0 Å². The van der Waals surface area contributed by atoms with E-state index in [0.29, 0.717) is 22.5 Å². The van der Waals surface area contributed by atoms with Gasteiger partial charge in [0.25, 0.3) is 0 Å². The lowest BCUT2D eigenvalue weighted by Gasteiger charge is -2.30. The molecule has 2 N–H and O–H groups in total. The van der Waals surface area contributed by atoms with E-state index in [0.717, 1.165) is 25.7 Å². The first-order valence-electron chi connectivity index (χ1n) is 9.83. The van der Waals surface area contributed by atoms with Gasteiger partial charge in [-0.1, -0.05) is 42.8 Å². The maximum atomic E-state index is 12.6. The summed E-state index contributed by atoms with van der Waals surface area (Å²) in [5.41, 5.74) is 2.52. The van der Waals surface area contributed by atoms with Gasteiger partial charge < -0.3 is 15.4 Å². The van der Waals surface area contributed by atoms with E-state index in [1.807, 2.05) is 6.07 Å². The lowest BCUT2D eigenvalue weighted by Crippen LogP contribution is -2.40. The van der Waals surface area contributed by atoms with E-state index in [4.69, 9.17) is 4.74 Å². The Morgan fingerprint density at radius 3 is 2.72 bits per heavy atom. The number of anilines is 1. The van der Waals surface area contributed by atoms with Crippen LogP contribution in [0, 0.1) is 0 Å². The van der Waals surface area contributed by atoms with Crippen LogP contribution in [0.5, 0.6) is 0 Å². The van der Waals surface area contributed by atoms with Gasteiger partial charge in [-0.2, -0.15) is 9.78 Å². The van der Waals surface area contributed by atoms with Crippen LogP contribution in [0.25, 0.3) is 10.9 Å². The van der Waals surface area contributed by atoms with Crippen LogP contribution < -0.4 is 10.6 Å². The van der Waals surface area contributed by atoms with Crippen molar-refractivity contribution in [1.82, 2.24) is 15.1 Å². The number of hydrogen-bond acceptors (Lipinski definition) is 4.